The molecule has 122 valence electrons. The summed E-state index contributed by atoms with van der Waals surface area (Å²) in [6.07, 6.45) is 1.95. The maximum atomic E-state index is 12.4. The van der Waals surface area contributed by atoms with Crippen LogP contribution >= 0.6 is 0 Å². The number of rotatable bonds is 4. The standard InChI is InChI=1S/C17H20N2O4/c1-18-16(20)10-15(23-18)17(21)19-9-5-6-13(11-19)12-22-14-7-3-2-4-8-14/h2-4,7-8,10,13H,5-6,9,11-12H2,1H3. The number of aromatic nitrogens is 1. The number of ether oxygens (including phenoxy) is 1. The highest BCUT2D eigenvalue weighted by Crippen LogP contribution is 2.20. The molecule has 2 heterocycles. The van der Waals surface area contributed by atoms with Gasteiger partial charge >= 0.3 is 0 Å². The molecule has 6 nitrogen and oxygen atoms in total. The van der Waals surface area contributed by atoms with E-state index in [4.69, 9.17) is 9.26 Å². The molecule has 1 aromatic carbocycles. The Morgan fingerprint density at radius 3 is 2.83 bits per heavy atom. The maximum absolute atomic E-state index is 12.4. The minimum Gasteiger partial charge on any atom is -0.493 e. The highest BCUT2D eigenvalue weighted by atomic mass is 16.5. The number of hydrogen-bond donors (Lipinski definition) is 0. The van der Waals surface area contributed by atoms with E-state index in [1.807, 2.05) is 30.3 Å². The van der Waals surface area contributed by atoms with Crippen LogP contribution in [-0.2, 0) is 7.05 Å². The molecule has 0 N–H and O–H groups in total. The van der Waals surface area contributed by atoms with Crippen LogP contribution in [0.5, 0.6) is 5.75 Å². The second-order valence-electron chi connectivity index (χ2n) is 5.82. The summed E-state index contributed by atoms with van der Waals surface area (Å²) in [5, 5.41) is 0. The first-order valence-corrected chi connectivity index (χ1v) is 7.78. The number of para-hydroxylation sites is 1. The molecule has 1 aliphatic rings. The Bertz CT molecular complexity index is 720. The van der Waals surface area contributed by atoms with Crippen LogP contribution < -0.4 is 10.3 Å². The van der Waals surface area contributed by atoms with Crippen molar-refractivity contribution in [3.8, 4) is 5.75 Å². The lowest BCUT2D eigenvalue weighted by molar-refractivity contribution is 0.0581. The van der Waals surface area contributed by atoms with E-state index in [0.717, 1.165) is 23.3 Å². The minimum atomic E-state index is -0.311. The molecular formula is C17H20N2O4. The molecule has 0 aliphatic carbocycles. The predicted molar refractivity (Wildman–Crippen MR) is 84.5 cm³/mol. The van der Waals surface area contributed by atoms with Crippen molar-refractivity contribution in [2.24, 2.45) is 13.0 Å². The number of nitrogens with zero attached hydrogens (tertiary/aromatic N) is 2. The molecule has 1 fully saturated rings. The van der Waals surface area contributed by atoms with Crippen LogP contribution in [-0.4, -0.2) is 35.2 Å². The van der Waals surface area contributed by atoms with Gasteiger partial charge in [-0.15, -0.1) is 0 Å². The van der Waals surface area contributed by atoms with Gasteiger partial charge in [-0.3, -0.25) is 9.59 Å². The highest BCUT2D eigenvalue weighted by Gasteiger charge is 2.27. The van der Waals surface area contributed by atoms with Crippen molar-refractivity contribution >= 4 is 5.91 Å². The lowest BCUT2D eigenvalue weighted by Gasteiger charge is -2.32. The fourth-order valence-electron chi connectivity index (χ4n) is 2.79. The summed E-state index contributed by atoms with van der Waals surface area (Å²) >= 11 is 0. The van der Waals surface area contributed by atoms with Gasteiger partial charge in [0.15, 0.2) is 0 Å². The average molecular weight is 316 g/mol. The molecule has 1 aromatic heterocycles. The molecule has 23 heavy (non-hydrogen) atoms. The van der Waals surface area contributed by atoms with Gasteiger partial charge in [0.05, 0.1) is 12.7 Å². The second-order valence-corrected chi connectivity index (χ2v) is 5.82. The average Bonchev–Trinajstić information content (AvgIpc) is 2.92. The molecular weight excluding hydrogens is 296 g/mol. The van der Waals surface area contributed by atoms with Gasteiger partial charge in [-0.2, -0.15) is 4.74 Å². The van der Waals surface area contributed by atoms with Crippen LogP contribution in [0.4, 0.5) is 0 Å². The van der Waals surface area contributed by atoms with Crippen molar-refractivity contribution < 1.29 is 14.1 Å². The van der Waals surface area contributed by atoms with E-state index in [1.54, 1.807) is 4.90 Å². The van der Waals surface area contributed by atoms with Gasteiger partial charge in [0.25, 0.3) is 11.5 Å². The van der Waals surface area contributed by atoms with Crippen molar-refractivity contribution in [3.05, 3.63) is 52.5 Å². The monoisotopic (exact) mass is 316 g/mol. The van der Waals surface area contributed by atoms with Crippen molar-refractivity contribution in [2.75, 3.05) is 19.7 Å². The Kier molecular flexibility index (Phi) is 4.50. The summed E-state index contributed by atoms with van der Waals surface area (Å²) in [5.74, 6) is 0.989. The molecule has 0 saturated carbocycles. The third kappa shape index (κ3) is 3.64. The molecule has 3 rings (SSSR count). The lowest BCUT2D eigenvalue weighted by atomic mass is 9.99. The zero-order valence-electron chi connectivity index (χ0n) is 13.1. The number of amides is 1. The first kappa shape index (κ1) is 15.4. The number of benzene rings is 1. The summed E-state index contributed by atoms with van der Waals surface area (Å²) in [4.78, 5) is 25.6. The van der Waals surface area contributed by atoms with Gasteiger partial charge in [-0.25, -0.2) is 0 Å². The highest BCUT2D eigenvalue weighted by molar-refractivity contribution is 5.91. The first-order chi connectivity index (χ1) is 11.1. The van der Waals surface area contributed by atoms with E-state index >= 15 is 0 Å². The third-order valence-electron chi connectivity index (χ3n) is 4.05. The molecule has 0 radical (unpaired) electrons. The van der Waals surface area contributed by atoms with Crippen LogP contribution in [0.1, 0.15) is 23.4 Å². The zero-order chi connectivity index (χ0) is 16.2. The smallest absolute Gasteiger partial charge is 0.292 e. The summed E-state index contributed by atoms with van der Waals surface area (Å²) < 4.78 is 12.0. The van der Waals surface area contributed by atoms with Gasteiger partial charge < -0.3 is 14.2 Å². The number of carbonyl (C=O) groups is 1. The summed E-state index contributed by atoms with van der Waals surface area (Å²) in [5.41, 5.74) is -0.311. The van der Waals surface area contributed by atoms with Gasteiger partial charge in [0.1, 0.15) is 5.75 Å². The quantitative estimate of drug-likeness (QED) is 0.864. The Morgan fingerprint density at radius 2 is 2.13 bits per heavy atom. The van der Waals surface area contributed by atoms with Crippen LogP contribution in [0, 0.1) is 5.92 Å². The fraction of sp³-hybridized carbons (Fsp3) is 0.412. The van der Waals surface area contributed by atoms with E-state index in [9.17, 15) is 9.59 Å². The van der Waals surface area contributed by atoms with E-state index in [0.29, 0.717) is 19.7 Å². The SMILES string of the molecule is Cn1oc(C(=O)N2CCCC(COc3ccccc3)C2)cc1=O. The van der Waals surface area contributed by atoms with Crippen LogP contribution in [0.3, 0.4) is 0 Å². The molecule has 1 amide bonds. The summed E-state index contributed by atoms with van der Waals surface area (Å²) in [6.45, 7) is 1.87. The number of piperidine rings is 1. The van der Waals surface area contributed by atoms with Crippen molar-refractivity contribution in [1.82, 2.24) is 9.64 Å². The number of hydrogen-bond acceptors (Lipinski definition) is 4. The molecule has 1 unspecified atom stereocenters. The van der Waals surface area contributed by atoms with Crippen molar-refractivity contribution in [1.29, 1.82) is 0 Å². The summed E-state index contributed by atoms with van der Waals surface area (Å²) in [6, 6.07) is 10.9. The van der Waals surface area contributed by atoms with Crippen molar-refractivity contribution in [3.63, 3.8) is 0 Å². The topological polar surface area (TPSA) is 64.7 Å². The van der Waals surface area contributed by atoms with Crippen molar-refractivity contribution in [2.45, 2.75) is 12.8 Å². The Labute approximate surface area is 134 Å². The van der Waals surface area contributed by atoms with E-state index in [2.05, 4.69) is 0 Å². The zero-order valence-corrected chi connectivity index (χ0v) is 13.1. The Morgan fingerprint density at radius 1 is 1.35 bits per heavy atom. The molecule has 0 spiro atoms. The molecule has 0 bridgehead atoms. The predicted octanol–water partition coefficient (Wildman–Crippen LogP) is 1.91. The molecule has 2 aromatic rings. The molecule has 1 aliphatic heterocycles. The Balaban J connectivity index is 1.59. The van der Waals surface area contributed by atoms with Gasteiger partial charge in [0, 0.05) is 26.1 Å². The van der Waals surface area contributed by atoms with Crippen LogP contribution in [0.2, 0.25) is 0 Å². The van der Waals surface area contributed by atoms with Crippen LogP contribution in [0.25, 0.3) is 0 Å². The first-order valence-electron chi connectivity index (χ1n) is 7.78. The molecule has 1 saturated heterocycles. The minimum absolute atomic E-state index is 0.0992. The Hall–Kier alpha value is -2.50. The molecule has 1 atom stereocenters. The number of likely N-dealkylation sites (tertiary alicyclic amines) is 1. The second kappa shape index (κ2) is 6.73. The number of carbonyl (C=O) groups excluding carboxylic acids is 1. The lowest BCUT2D eigenvalue weighted by Crippen LogP contribution is -2.41. The van der Waals surface area contributed by atoms with Gasteiger partial charge in [-0.05, 0) is 25.0 Å². The van der Waals surface area contributed by atoms with E-state index in [-0.39, 0.29) is 23.1 Å². The number of aryl methyl sites for hydroxylation is 1. The van der Waals surface area contributed by atoms with E-state index in [1.165, 1.54) is 13.1 Å². The normalized spacial score (nSPS) is 18.0. The third-order valence-corrected chi connectivity index (χ3v) is 4.05. The van der Waals surface area contributed by atoms with Crippen LogP contribution in [0.15, 0.2) is 45.7 Å². The van der Waals surface area contributed by atoms with Gasteiger partial charge in [0.2, 0.25) is 5.76 Å². The van der Waals surface area contributed by atoms with E-state index < -0.39 is 0 Å². The maximum Gasteiger partial charge on any atom is 0.292 e. The summed E-state index contributed by atoms with van der Waals surface area (Å²) in [7, 11) is 1.49. The molecule has 6 heteroatoms. The fourth-order valence-corrected chi connectivity index (χ4v) is 2.79. The van der Waals surface area contributed by atoms with Gasteiger partial charge in [-0.1, -0.05) is 18.2 Å². The largest absolute Gasteiger partial charge is 0.493 e.